The summed E-state index contributed by atoms with van der Waals surface area (Å²) in [4.78, 5) is 0. The smallest absolute Gasteiger partial charge is 0.128 e. The molecule has 1 unspecified atom stereocenters. The number of nitrogens with two attached hydrogens (primary N) is 1. The Bertz CT molecular complexity index is 326. The van der Waals surface area contributed by atoms with Gasteiger partial charge in [0.05, 0.1) is 27.4 Å². The van der Waals surface area contributed by atoms with Gasteiger partial charge in [-0.15, -0.1) is 0 Å². The van der Waals surface area contributed by atoms with Gasteiger partial charge < -0.3 is 19.9 Å². The summed E-state index contributed by atoms with van der Waals surface area (Å²) in [5, 5.41) is 0. The third kappa shape index (κ3) is 3.72. The van der Waals surface area contributed by atoms with Crippen molar-refractivity contribution in [1.82, 2.24) is 0 Å². The lowest BCUT2D eigenvalue weighted by Crippen LogP contribution is -2.21. The van der Waals surface area contributed by atoms with Crippen molar-refractivity contribution in [3.8, 4) is 11.5 Å². The quantitative estimate of drug-likeness (QED) is 0.798. The number of hydrogen-bond donors (Lipinski definition) is 1. The van der Waals surface area contributed by atoms with Crippen molar-refractivity contribution in [3.05, 3.63) is 23.8 Å². The molecule has 0 aliphatic carbocycles. The lowest BCUT2D eigenvalue weighted by molar-refractivity contribution is 0.109. The molecule has 0 aliphatic rings. The summed E-state index contributed by atoms with van der Waals surface area (Å²) >= 11 is 0. The highest BCUT2D eigenvalue weighted by Gasteiger charge is 2.05. The van der Waals surface area contributed by atoms with E-state index in [1.54, 1.807) is 14.2 Å². The fourth-order valence-electron chi connectivity index (χ4n) is 1.33. The molecule has 0 saturated heterocycles. The summed E-state index contributed by atoms with van der Waals surface area (Å²) in [6, 6.07) is 5.69. The molecule has 2 N–H and O–H groups in total. The molecule has 90 valence electrons. The summed E-state index contributed by atoms with van der Waals surface area (Å²) in [5.74, 6) is 1.54. The van der Waals surface area contributed by atoms with Crippen molar-refractivity contribution in [3.63, 3.8) is 0 Å². The van der Waals surface area contributed by atoms with Crippen LogP contribution in [-0.4, -0.2) is 26.9 Å². The van der Waals surface area contributed by atoms with E-state index in [9.17, 15) is 0 Å². The number of methoxy groups -OCH3 is 2. The minimum absolute atomic E-state index is 0.0456. The second kappa shape index (κ2) is 6.35. The second-order valence-electron chi connectivity index (χ2n) is 3.67. The van der Waals surface area contributed by atoms with Crippen LogP contribution in [-0.2, 0) is 11.3 Å². The number of rotatable bonds is 6. The van der Waals surface area contributed by atoms with E-state index >= 15 is 0 Å². The Hall–Kier alpha value is -1.26. The van der Waals surface area contributed by atoms with Gasteiger partial charge in [0, 0.05) is 17.7 Å². The molecule has 0 bridgehead atoms. The van der Waals surface area contributed by atoms with Crippen LogP contribution in [0.25, 0.3) is 0 Å². The van der Waals surface area contributed by atoms with E-state index in [-0.39, 0.29) is 6.04 Å². The van der Waals surface area contributed by atoms with Gasteiger partial charge in [-0.3, -0.25) is 0 Å². The van der Waals surface area contributed by atoms with Gasteiger partial charge in [0.25, 0.3) is 0 Å². The van der Waals surface area contributed by atoms with E-state index < -0.39 is 0 Å². The molecule has 4 heteroatoms. The van der Waals surface area contributed by atoms with E-state index in [1.807, 2.05) is 25.1 Å². The molecule has 16 heavy (non-hydrogen) atoms. The maximum absolute atomic E-state index is 5.60. The van der Waals surface area contributed by atoms with Gasteiger partial charge >= 0.3 is 0 Å². The fourth-order valence-corrected chi connectivity index (χ4v) is 1.33. The van der Waals surface area contributed by atoms with Crippen LogP contribution in [0.1, 0.15) is 12.5 Å². The Morgan fingerprint density at radius 2 is 2.00 bits per heavy atom. The maximum Gasteiger partial charge on any atom is 0.128 e. The maximum atomic E-state index is 5.60. The van der Waals surface area contributed by atoms with Crippen molar-refractivity contribution < 1.29 is 14.2 Å². The summed E-state index contributed by atoms with van der Waals surface area (Å²) in [5.41, 5.74) is 6.59. The minimum Gasteiger partial charge on any atom is -0.497 e. The van der Waals surface area contributed by atoms with E-state index in [2.05, 4.69) is 0 Å². The molecular formula is C12H19NO3. The minimum atomic E-state index is 0.0456. The first-order valence-corrected chi connectivity index (χ1v) is 5.21. The van der Waals surface area contributed by atoms with E-state index in [1.165, 1.54) is 0 Å². The Morgan fingerprint density at radius 1 is 1.25 bits per heavy atom. The molecule has 1 aromatic carbocycles. The first-order valence-electron chi connectivity index (χ1n) is 5.21. The molecule has 0 spiro atoms. The molecule has 1 aromatic rings. The zero-order valence-corrected chi connectivity index (χ0v) is 10.0. The first-order chi connectivity index (χ1) is 7.67. The number of ether oxygens (including phenoxy) is 3. The molecule has 4 nitrogen and oxygen atoms in total. The van der Waals surface area contributed by atoms with Crippen molar-refractivity contribution >= 4 is 0 Å². The summed E-state index contributed by atoms with van der Waals surface area (Å²) in [7, 11) is 3.25. The van der Waals surface area contributed by atoms with Gasteiger partial charge in [0.15, 0.2) is 0 Å². The molecule has 1 rings (SSSR count). The van der Waals surface area contributed by atoms with Crippen LogP contribution in [0.4, 0.5) is 0 Å². The average molecular weight is 225 g/mol. The van der Waals surface area contributed by atoms with Gasteiger partial charge in [0.2, 0.25) is 0 Å². The lowest BCUT2D eigenvalue weighted by Gasteiger charge is -2.11. The Labute approximate surface area is 96.3 Å². The zero-order valence-electron chi connectivity index (χ0n) is 10.0. The fraction of sp³-hybridized carbons (Fsp3) is 0.500. The SMILES string of the molecule is COc1ccc(COCC(C)N)c(OC)c1. The normalized spacial score (nSPS) is 12.2. The third-order valence-electron chi connectivity index (χ3n) is 2.13. The predicted molar refractivity (Wildman–Crippen MR) is 62.9 cm³/mol. The van der Waals surface area contributed by atoms with Gasteiger partial charge in [-0.2, -0.15) is 0 Å². The van der Waals surface area contributed by atoms with Crippen LogP contribution in [0, 0.1) is 0 Å². The molecule has 0 aromatic heterocycles. The second-order valence-corrected chi connectivity index (χ2v) is 3.67. The molecule has 1 atom stereocenters. The first kappa shape index (κ1) is 12.8. The largest absolute Gasteiger partial charge is 0.497 e. The van der Waals surface area contributed by atoms with Crippen LogP contribution in [0.3, 0.4) is 0 Å². The van der Waals surface area contributed by atoms with Crippen molar-refractivity contribution in [2.24, 2.45) is 5.73 Å². The van der Waals surface area contributed by atoms with E-state index in [4.69, 9.17) is 19.9 Å². The predicted octanol–water partition coefficient (Wildman–Crippen LogP) is 1.57. The van der Waals surface area contributed by atoms with Crippen LogP contribution in [0.5, 0.6) is 11.5 Å². The number of hydrogen-bond acceptors (Lipinski definition) is 4. The highest BCUT2D eigenvalue weighted by atomic mass is 16.5. The standard InChI is InChI=1S/C12H19NO3/c1-9(13)7-16-8-10-4-5-11(14-2)6-12(10)15-3/h4-6,9H,7-8,13H2,1-3H3. The highest BCUT2D eigenvalue weighted by molar-refractivity contribution is 5.40. The molecule has 0 fully saturated rings. The molecule has 0 amide bonds. The molecule has 0 saturated carbocycles. The Morgan fingerprint density at radius 3 is 2.56 bits per heavy atom. The summed E-state index contributed by atoms with van der Waals surface area (Å²) < 4.78 is 15.8. The Balaban J connectivity index is 2.64. The van der Waals surface area contributed by atoms with Gasteiger partial charge in [-0.05, 0) is 19.1 Å². The van der Waals surface area contributed by atoms with Crippen LogP contribution in [0.2, 0.25) is 0 Å². The van der Waals surface area contributed by atoms with Crippen molar-refractivity contribution in [2.45, 2.75) is 19.6 Å². The summed E-state index contributed by atoms with van der Waals surface area (Å²) in [6.07, 6.45) is 0. The van der Waals surface area contributed by atoms with E-state index in [0.29, 0.717) is 13.2 Å². The lowest BCUT2D eigenvalue weighted by atomic mass is 10.2. The topological polar surface area (TPSA) is 53.7 Å². The van der Waals surface area contributed by atoms with Crippen LogP contribution >= 0.6 is 0 Å². The Kier molecular flexibility index (Phi) is 5.08. The van der Waals surface area contributed by atoms with Gasteiger partial charge in [0.1, 0.15) is 11.5 Å². The monoisotopic (exact) mass is 225 g/mol. The van der Waals surface area contributed by atoms with Crippen LogP contribution < -0.4 is 15.2 Å². The van der Waals surface area contributed by atoms with Crippen LogP contribution in [0.15, 0.2) is 18.2 Å². The van der Waals surface area contributed by atoms with Crippen molar-refractivity contribution in [1.29, 1.82) is 0 Å². The zero-order chi connectivity index (χ0) is 12.0. The third-order valence-corrected chi connectivity index (χ3v) is 2.13. The van der Waals surface area contributed by atoms with E-state index in [0.717, 1.165) is 17.1 Å². The highest BCUT2D eigenvalue weighted by Crippen LogP contribution is 2.24. The molecule has 0 aliphatic heterocycles. The van der Waals surface area contributed by atoms with Gasteiger partial charge in [-0.1, -0.05) is 0 Å². The molecule has 0 heterocycles. The van der Waals surface area contributed by atoms with Crippen molar-refractivity contribution in [2.75, 3.05) is 20.8 Å². The molecular weight excluding hydrogens is 206 g/mol. The summed E-state index contributed by atoms with van der Waals surface area (Å²) in [6.45, 7) is 2.94. The van der Waals surface area contributed by atoms with Gasteiger partial charge in [-0.25, -0.2) is 0 Å². The average Bonchev–Trinajstić information content (AvgIpc) is 2.29. The molecule has 0 radical (unpaired) electrons. The number of benzene rings is 1.